The van der Waals surface area contributed by atoms with E-state index < -0.39 is 0 Å². The maximum absolute atomic E-state index is 10.7. The molecule has 0 bridgehead atoms. The van der Waals surface area contributed by atoms with Crippen molar-refractivity contribution in [2.24, 2.45) is 0 Å². The number of ether oxygens (including phenoxy) is 1. The first kappa shape index (κ1) is 13.7. The predicted octanol–water partition coefficient (Wildman–Crippen LogP) is 1.81. The molecule has 0 aliphatic carbocycles. The molecule has 0 aliphatic heterocycles. The molecule has 0 atom stereocenters. The third kappa shape index (κ3) is 3.91. The zero-order valence-electron chi connectivity index (χ0n) is 11.1. The molecule has 2 aromatic rings. The summed E-state index contributed by atoms with van der Waals surface area (Å²) in [7, 11) is 1.69. The summed E-state index contributed by atoms with van der Waals surface area (Å²) < 4.78 is 5.61. The third-order valence-corrected chi connectivity index (χ3v) is 2.63. The standard InChI is InChI=1S/C15H15N3O2/c1-16-14(10-19)8-13-2-3-15(9-18-13)20-11-12-4-6-17-7-5-12/h2-10,16H,11H2,1H3/b14-8-. The van der Waals surface area contributed by atoms with Gasteiger partial charge in [-0.2, -0.15) is 0 Å². The number of nitrogens with one attached hydrogen (secondary N) is 1. The van der Waals surface area contributed by atoms with E-state index in [1.165, 1.54) is 0 Å². The fourth-order valence-electron chi connectivity index (χ4n) is 1.53. The lowest BCUT2D eigenvalue weighted by atomic mass is 10.3. The summed E-state index contributed by atoms with van der Waals surface area (Å²) >= 11 is 0. The van der Waals surface area contributed by atoms with Crippen LogP contribution in [0.5, 0.6) is 5.75 Å². The van der Waals surface area contributed by atoms with E-state index in [4.69, 9.17) is 4.74 Å². The molecule has 0 saturated heterocycles. The van der Waals surface area contributed by atoms with Crippen molar-refractivity contribution in [2.75, 3.05) is 7.05 Å². The maximum atomic E-state index is 10.7. The fraction of sp³-hybridized carbons (Fsp3) is 0.133. The van der Waals surface area contributed by atoms with E-state index in [2.05, 4.69) is 15.3 Å². The van der Waals surface area contributed by atoms with Crippen molar-refractivity contribution >= 4 is 12.4 Å². The molecule has 0 aliphatic rings. The van der Waals surface area contributed by atoms with Gasteiger partial charge < -0.3 is 10.1 Å². The zero-order chi connectivity index (χ0) is 14.2. The van der Waals surface area contributed by atoms with Crippen molar-refractivity contribution < 1.29 is 9.53 Å². The summed E-state index contributed by atoms with van der Waals surface area (Å²) in [5, 5.41) is 2.78. The van der Waals surface area contributed by atoms with E-state index in [0.717, 1.165) is 11.8 Å². The second-order valence-electron chi connectivity index (χ2n) is 4.03. The number of rotatable bonds is 6. The molecule has 5 heteroatoms. The second kappa shape index (κ2) is 7.04. The molecule has 1 N–H and O–H groups in total. The van der Waals surface area contributed by atoms with Gasteiger partial charge in [0.2, 0.25) is 0 Å². The van der Waals surface area contributed by atoms with E-state index in [0.29, 0.717) is 23.7 Å². The molecular formula is C15H15N3O2. The van der Waals surface area contributed by atoms with Crippen molar-refractivity contribution in [3.05, 3.63) is 59.8 Å². The van der Waals surface area contributed by atoms with Gasteiger partial charge in [0.15, 0.2) is 6.29 Å². The highest BCUT2D eigenvalue weighted by Gasteiger charge is 1.98. The van der Waals surface area contributed by atoms with E-state index in [9.17, 15) is 4.79 Å². The summed E-state index contributed by atoms with van der Waals surface area (Å²) in [6.07, 6.45) is 7.49. The van der Waals surface area contributed by atoms with Gasteiger partial charge in [0.25, 0.3) is 0 Å². The Morgan fingerprint density at radius 1 is 1.30 bits per heavy atom. The molecule has 0 aromatic carbocycles. The van der Waals surface area contributed by atoms with E-state index in [-0.39, 0.29) is 0 Å². The molecule has 0 saturated carbocycles. The Morgan fingerprint density at radius 2 is 2.10 bits per heavy atom. The molecule has 102 valence electrons. The van der Waals surface area contributed by atoms with Gasteiger partial charge in [-0.1, -0.05) is 0 Å². The van der Waals surface area contributed by atoms with Crippen LogP contribution in [0.2, 0.25) is 0 Å². The van der Waals surface area contributed by atoms with E-state index >= 15 is 0 Å². The number of nitrogens with zero attached hydrogens (tertiary/aromatic N) is 2. The average Bonchev–Trinajstić information content (AvgIpc) is 2.53. The Balaban J connectivity index is 1.98. The van der Waals surface area contributed by atoms with Crippen LogP contribution < -0.4 is 10.1 Å². The highest BCUT2D eigenvalue weighted by atomic mass is 16.5. The van der Waals surface area contributed by atoms with Gasteiger partial charge in [-0.15, -0.1) is 0 Å². The lowest BCUT2D eigenvalue weighted by molar-refractivity contribution is -0.105. The van der Waals surface area contributed by atoms with Crippen LogP contribution >= 0.6 is 0 Å². The largest absolute Gasteiger partial charge is 0.487 e. The molecule has 0 fully saturated rings. The van der Waals surface area contributed by atoms with Crippen LogP contribution in [-0.4, -0.2) is 23.3 Å². The molecule has 0 radical (unpaired) electrons. The van der Waals surface area contributed by atoms with Gasteiger partial charge in [-0.3, -0.25) is 14.8 Å². The normalized spacial score (nSPS) is 10.9. The minimum Gasteiger partial charge on any atom is -0.487 e. The lowest BCUT2D eigenvalue weighted by Gasteiger charge is -2.06. The van der Waals surface area contributed by atoms with Gasteiger partial charge in [-0.25, -0.2) is 0 Å². The lowest BCUT2D eigenvalue weighted by Crippen LogP contribution is -2.06. The third-order valence-electron chi connectivity index (χ3n) is 2.63. The molecule has 0 amide bonds. The van der Waals surface area contributed by atoms with Crippen molar-refractivity contribution in [1.82, 2.24) is 15.3 Å². The smallest absolute Gasteiger partial charge is 0.165 e. The summed E-state index contributed by atoms with van der Waals surface area (Å²) in [5.41, 5.74) is 2.21. The molecule has 2 heterocycles. The highest BCUT2D eigenvalue weighted by Crippen LogP contribution is 2.12. The first-order valence-corrected chi connectivity index (χ1v) is 6.14. The monoisotopic (exact) mass is 269 g/mol. The van der Waals surface area contributed by atoms with Crippen molar-refractivity contribution in [1.29, 1.82) is 0 Å². The summed E-state index contributed by atoms with van der Waals surface area (Å²) in [4.78, 5) is 18.8. The number of aldehydes is 1. The Labute approximate surface area is 117 Å². The molecule has 20 heavy (non-hydrogen) atoms. The SMILES string of the molecule is CN/C(C=O)=C\c1ccc(OCc2ccncc2)cn1. The number of hydrogen-bond donors (Lipinski definition) is 1. The number of carbonyl (C=O) groups is 1. The number of allylic oxidation sites excluding steroid dienone is 1. The van der Waals surface area contributed by atoms with Gasteiger partial charge in [-0.05, 0) is 35.9 Å². The topological polar surface area (TPSA) is 64.1 Å². The summed E-state index contributed by atoms with van der Waals surface area (Å²) in [5.74, 6) is 0.677. The first-order chi connectivity index (χ1) is 9.81. The van der Waals surface area contributed by atoms with Gasteiger partial charge in [0, 0.05) is 19.4 Å². The van der Waals surface area contributed by atoms with E-state index in [1.807, 2.05) is 18.2 Å². The highest BCUT2D eigenvalue weighted by molar-refractivity contribution is 5.80. The Hall–Kier alpha value is -2.69. The quantitative estimate of drug-likeness (QED) is 0.640. The molecule has 5 nitrogen and oxygen atoms in total. The number of carbonyl (C=O) groups excluding carboxylic acids is 1. The first-order valence-electron chi connectivity index (χ1n) is 6.14. The molecule has 2 aromatic heterocycles. The van der Waals surface area contributed by atoms with Crippen molar-refractivity contribution in [3.63, 3.8) is 0 Å². The molecule has 2 rings (SSSR count). The van der Waals surface area contributed by atoms with Gasteiger partial charge in [0.05, 0.1) is 17.6 Å². The van der Waals surface area contributed by atoms with Gasteiger partial charge in [0.1, 0.15) is 12.4 Å². The predicted molar refractivity (Wildman–Crippen MR) is 75.9 cm³/mol. The summed E-state index contributed by atoms with van der Waals surface area (Å²) in [6, 6.07) is 7.41. The Morgan fingerprint density at radius 3 is 2.70 bits per heavy atom. The second-order valence-corrected chi connectivity index (χ2v) is 4.03. The van der Waals surface area contributed by atoms with Crippen LogP contribution in [0.25, 0.3) is 6.08 Å². The number of hydrogen-bond acceptors (Lipinski definition) is 5. The van der Waals surface area contributed by atoms with Gasteiger partial charge >= 0.3 is 0 Å². The Bertz CT molecular complexity index is 580. The van der Waals surface area contributed by atoms with Crippen LogP contribution in [0, 0.1) is 0 Å². The van der Waals surface area contributed by atoms with Crippen molar-refractivity contribution in [3.8, 4) is 5.75 Å². The minimum absolute atomic E-state index is 0.468. The molecule has 0 unspecified atom stereocenters. The zero-order valence-corrected chi connectivity index (χ0v) is 11.1. The molecular weight excluding hydrogens is 254 g/mol. The maximum Gasteiger partial charge on any atom is 0.165 e. The number of pyridine rings is 2. The van der Waals surface area contributed by atoms with Crippen LogP contribution in [-0.2, 0) is 11.4 Å². The molecule has 0 spiro atoms. The number of aromatic nitrogens is 2. The fourth-order valence-corrected chi connectivity index (χ4v) is 1.53. The van der Waals surface area contributed by atoms with E-state index in [1.54, 1.807) is 37.8 Å². The Kier molecular flexibility index (Phi) is 4.83. The van der Waals surface area contributed by atoms with Crippen LogP contribution in [0.3, 0.4) is 0 Å². The van der Waals surface area contributed by atoms with Crippen LogP contribution in [0.15, 0.2) is 48.6 Å². The number of likely N-dealkylation sites (N-methyl/N-ethyl adjacent to an activating group) is 1. The minimum atomic E-state index is 0.468. The summed E-state index contributed by atoms with van der Waals surface area (Å²) in [6.45, 7) is 0.468. The van der Waals surface area contributed by atoms with Crippen LogP contribution in [0.4, 0.5) is 0 Å². The average molecular weight is 269 g/mol. The van der Waals surface area contributed by atoms with Crippen LogP contribution in [0.1, 0.15) is 11.3 Å². The van der Waals surface area contributed by atoms with Crippen molar-refractivity contribution in [2.45, 2.75) is 6.61 Å².